The van der Waals surface area contributed by atoms with Crippen molar-refractivity contribution < 1.29 is 9.53 Å². The second-order valence-corrected chi connectivity index (χ2v) is 7.34. The first-order chi connectivity index (χ1) is 15.8. The van der Waals surface area contributed by atoms with Crippen LogP contribution in [-0.2, 0) is 4.74 Å². The Kier molecular flexibility index (Phi) is 5.22. The predicted octanol–water partition coefficient (Wildman–Crippen LogP) is 5.93. The van der Waals surface area contributed by atoms with Gasteiger partial charge in [-0.2, -0.15) is 5.10 Å². The molecule has 0 amide bonds. The maximum absolute atomic E-state index is 12.8. The fourth-order valence-corrected chi connectivity index (χ4v) is 3.87. The van der Waals surface area contributed by atoms with Gasteiger partial charge in [0.1, 0.15) is 0 Å². The molecule has 0 atom stereocenters. The molecule has 5 rings (SSSR count). The molecule has 0 saturated carbocycles. The van der Waals surface area contributed by atoms with Crippen molar-refractivity contribution in [3.05, 3.63) is 103 Å². The highest BCUT2D eigenvalue weighted by molar-refractivity contribution is 6.06. The standard InChI is InChI=1S/C27H21N3O2/c1-2-32-27(31)24-17-28-26-23(18-29-30(26)22-11-7-4-8-12-22)25(24)21-15-13-20(14-16-21)19-9-5-3-6-10-19/h3-18H,2H2,1H3. The van der Waals surface area contributed by atoms with Gasteiger partial charge >= 0.3 is 5.97 Å². The highest BCUT2D eigenvalue weighted by Crippen LogP contribution is 2.34. The minimum Gasteiger partial charge on any atom is -0.462 e. The number of ether oxygens (including phenoxy) is 1. The zero-order chi connectivity index (χ0) is 21.9. The summed E-state index contributed by atoms with van der Waals surface area (Å²) < 4.78 is 7.10. The van der Waals surface area contributed by atoms with E-state index < -0.39 is 5.97 Å². The molecule has 0 aliphatic carbocycles. The van der Waals surface area contributed by atoms with Crippen LogP contribution in [0.1, 0.15) is 17.3 Å². The van der Waals surface area contributed by atoms with Crippen molar-refractivity contribution in [2.45, 2.75) is 6.92 Å². The summed E-state index contributed by atoms with van der Waals surface area (Å²) in [4.78, 5) is 17.3. The zero-order valence-corrected chi connectivity index (χ0v) is 17.6. The molecule has 3 aromatic carbocycles. The molecule has 0 aliphatic heterocycles. The first kappa shape index (κ1) is 19.7. The molecule has 0 spiro atoms. The van der Waals surface area contributed by atoms with Gasteiger partial charge in [-0.1, -0.05) is 72.8 Å². The number of fused-ring (bicyclic) bond motifs is 1. The topological polar surface area (TPSA) is 57.0 Å². The summed E-state index contributed by atoms with van der Waals surface area (Å²) in [6.07, 6.45) is 3.35. The van der Waals surface area contributed by atoms with E-state index in [1.54, 1.807) is 24.0 Å². The Morgan fingerprint density at radius 1 is 0.812 bits per heavy atom. The van der Waals surface area contributed by atoms with E-state index in [9.17, 15) is 4.79 Å². The van der Waals surface area contributed by atoms with Crippen LogP contribution in [0.25, 0.3) is 39.0 Å². The van der Waals surface area contributed by atoms with E-state index in [1.165, 1.54) is 0 Å². The smallest absolute Gasteiger partial charge is 0.340 e. The van der Waals surface area contributed by atoms with Crippen molar-refractivity contribution in [2.75, 3.05) is 6.61 Å². The Morgan fingerprint density at radius 3 is 2.12 bits per heavy atom. The number of carbonyl (C=O) groups excluding carboxylic acids is 1. The van der Waals surface area contributed by atoms with Gasteiger partial charge in [0, 0.05) is 17.1 Å². The molecule has 0 saturated heterocycles. The minimum absolute atomic E-state index is 0.298. The molecule has 0 aliphatic rings. The molecule has 156 valence electrons. The van der Waals surface area contributed by atoms with Crippen LogP contribution >= 0.6 is 0 Å². The Hall–Kier alpha value is -4.25. The van der Waals surface area contributed by atoms with Gasteiger partial charge in [0.15, 0.2) is 5.65 Å². The van der Waals surface area contributed by atoms with Crippen molar-refractivity contribution in [2.24, 2.45) is 0 Å². The number of esters is 1. The predicted molar refractivity (Wildman–Crippen MR) is 126 cm³/mol. The van der Waals surface area contributed by atoms with E-state index >= 15 is 0 Å². The Bertz CT molecular complexity index is 1380. The van der Waals surface area contributed by atoms with Gasteiger partial charge in [0.2, 0.25) is 0 Å². The molecule has 32 heavy (non-hydrogen) atoms. The van der Waals surface area contributed by atoms with Crippen molar-refractivity contribution in [3.63, 3.8) is 0 Å². The Morgan fingerprint density at radius 2 is 1.44 bits per heavy atom. The number of carbonyl (C=O) groups is 1. The molecule has 0 unspecified atom stereocenters. The monoisotopic (exact) mass is 419 g/mol. The maximum Gasteiger partial charge on any atom is 0.340 e. The van der Waals surface area contributed by atoms with Crippen molar-refractivity contribution in [1.29, 1.82) is 0 Å². The van der Waals surface area contributed by atoms with Crippen LogP contribution in [0.4, 0.5) is 0 Å². The van der Waals surface area contributed by atoms with Crippen LogP contribution in [0.15, 0.2) is 97.3 Å². The summed E-state index contributed by atoms with van der Waals surface area (Å²) in [5.74, 6) is -0.392. The lowest BCUT2D eigenvalue weighted by Gasteiger charge is -2.12. The zero-order valence-electron chi connectivity index (χ0n) is 17.6. The van der Waals surface area contributed by atoms with Crippen molar-refractivity contribution in [1.82, 2.24) is 14.8 Å². The second-order valence-electron chi connectivity index (χ2n) is 7.34. The van der Waals surface area contributed by atoms with Crippen molar-refractivity contribution >= 4 is 17.0 Å². The summed E-state index contributed by atoms with van der Waals surface area (Å²) in [6, 6.07) is 28.2. The summed E-state index contributed by atoms with van der Waals surface area (Å²) in [5.41, 5.74) is 5.96. The van der Waals surface area contributed by atoms with Gasteiger partial charge in [-0.25, -0.2) is 14.5 Å². The van der Waals surface area contributed by atoms with Crippen molar-refractivity contribution in [3.8, 4) is 27.9 Å². The third-order valence-corrected chi connectivity index (χ3v) is 5.38. The SMILES string of the molecule is CCOC(=O)c1cnc2c(cnn2-c2ccccc2)c1-c1ccc(-c2ccccc2)cc1. The van der Waals surface area contributed by atoms with Gasteiger partial charge in [-0.05, 0) is 35.7 Å². The van der Waals surface area contributed by atoms with Gasteiger partial charge in [-0.3, -0.25) is 0 Å². The van der Waals surface area contributed by atoms with Crippen LogP contribution in [0.5, 0.6) is 0 Å². The number of aromatic nitrogens is 3. The van der Waals surface area contributed by atoms with Gasteiger partial charge in [-0.15, -0.1) is 0 Å². The van der Waals surface area contributed by atoms with Crippen LogP contribution < -0.4 is 0 Å². The number of hydrogen-bond acceptors (Lipinski definition) is 4. The lowest BCUT2D eigenvalue weighted by atomic mass is 9.96. The first-order valence-corrected chi connectivity index (χ1v) is 10.5. The highest BCUT2D eigenvalue weighted by Gasteiger charge is 2.21. The highest BCUT2D eigenvalue weighted by atomic mass is 16.5. The molecule has 2 aromatic heterocycles. The Labute approximate surface area is 185 Å². The van der Waals surface area contributed by atoms with Crippen LogP contribution in [-0.4, -0.2) is 27.3 Å². The Balaban J connectivity index is 1.68. The number of nitrogens with zero attached hydrogens (tertiary/aromatic N) is 3. The number of pyridine rings is 1. The fourth-order valence-electron chi connectivity index (χ4n) is 3.87. The number of hydrogen-bond donors (Lipinski definition) is 0. The first-order valence-electron chi connectivity index (χ1n) is 10.5. The molecule has 5 aromatic rings. The van der Waals surface area contributed by atoms with E-state index in [0.717, 1.165) is 33.3 Å². The molecule has 0 bridgehead atoms. The van der Waals surface area contributed by atoms with Gasteiger partial charge in [0.05, 0.1) is 24.1 Å². The third-order valence-electron chi connectivity index (χ3n) is 5.38. The largest absolute Gasteiger partial charge is 0.462 e. The molecule has 0 radical (unpaired) electrons. The lowest BCUT2D eigenvalue weighted by Crippen LogP contribution is -2.08. The fraction of sp³-hybridized carbons (Fsp3) is 0.0741. The molecule has 0 fully saturated rings. The minimum atomic E-state index is -0.392. The lowest BCUT2D eigenvalue weighted by molar-refractivity contribution is 0.0527. The van der Waals surface area contributed by atoms with E-state index in [-0.39, 0.29) is 0 Å². The number of para-hydroxylation sites is 1. The van der Waals surface area contributed by atoms with E-state index in [4.69, 9.17) is 4.74 Å². The summed E-state index contributed by atoms with van der Waals surface area (Å²) in [6.45, 7) is 2.10. The van der Waals surface area contributed by atoms with Gasteiger partial charge in [0.25, 0.3) is 0 Å². The molecule has 2 heterocycles. The molecular formula is C27H21N3O2. The number of benzene rings is 3. The third kappa shape index (κ3) is 3.54. The average molecular weight is 419 g/mol. The number of rotatable bonds is 5. The summed E-state index contributed by atoms with van der Waals surface area (Å²) in [5, 5.41) is 5.36. The maximum atomic E-state index is 12.8. The second kappa shape index (κ2) is 8.47. The molecular weight excluding hydrogens is 398 g/mol. The van der Waals surface area contributed by atoms with E-state index in [1.807, 2.05) is 60.7 Å². The molecule has 5 nitrogen and oxygen atoms in total. The normalized spacial score (nSPS) is 10.9. The van der Waals surface area contributed by atoms with E-state index in [2.05, 4.69) is 34.3 Å². The quantitative estimate of drug-likeness (QED) is 0.331. The van der Waals surface area contributed by atoms with Crippen LogP contribution in [0.2, 0.25) is 0 Å². The summed E-state index contributed by atoms with van der Waals surface area (Å²) >= 11 is 0. The molecule has 5 heteroatoms. The average Bonchev–Trinajstić information content (AvgIpc) is 3.29. The summed E-state index contributed by atoms with van der Waals surface area (Å²) in [7, 11) is 0. The van der Waals surface area contributed by atoms with E-state index in [0.29, 0.717) is 17.8 Å². The van der Waals surface area contributed by atoms with Crippen LogP contribution in [0, 0.1) is 0 Å². The molecule has 0 N–H and O–H groups in total. The van der Waals surface area contributed by atoms with Gasteiger partial charge < -0.3 is 4.74 Å². The van der Waals surface area contributed by atoms with Crippen LogP contribution in [0.3, 0.4) is 0 Å².